The molecule has 0 saturated heterocycles. The maximum atomic E-state index is 2.61. The molecule has 3 heteroatoms. The standard InChI is InChI=1S/C77H49N3/c1-6-22-50(23-7-1)73-74-61-34-17-20-36-67(61)77(76(74)80(58-30-14-5-15-31-58)75(73)51-24-8-2-9-25-51)66-35-19-16-32-59(66)62-46-52(38-42-68(62)77)54-40-44-71-64(48-54)65-49-55(41-45-72(65)79(71)57-28-12-4-13-29-57)53-39-43-70-63(47-53)60-33-18-21-37-69(60)78(70)56-26-10-3-11-27-56/h1-49H. The Morgan fingerprint density at radius 2 is 0.613 bits per heavy atom. The van der Waals surface area contributed by atoms with Crippen molar-refractivity contribution in [2.75, 3.05) is 0 Å². The fourth-order valence-electron chi connectivity index (χ4n) is 14.2. The maximum Gasteiger partial charge on any atom is 0.0882 e. The van der Waals surface area contributed by atoms with E-state index in [1.807, 2.05) is 0 Å². The largest absolute Gasteiger partial charge is 0.311 e. The Hall–Kier alpha value is -10.5. The van der Waals surface area contributed by atoms with Crippen LogP contribution in [0.2, 0.25) is 0 Å². The number of aromatic nitrogens is 3. The molecule has 0 aliphatic heterocycles. The third-order valence-corrected chi connectivity index (χ3v) is 17.4. The highest BCUT2D eigenvalue weighted by molar-refractivity contribution is 6.14. The molecule has 372 valence electrons. The molecule has 1 unspecified atom stereocenters. The van der Waals surface area contributed by atoms with Crippen LogP contribution < -0.4 is 0 Å². The molecule has 2 aliphatic carbocycles. The second kappa shape index (κ2) is 17.3. The number of fused-ring (bicyclic) bond motifs is 16. The van der Waals surface area contributed by atoms with Gasteiger partial charge in [-0.15, -0.1) is 0 Å². The monoisotopic (exact) mass is 1020 g/mol. The highest BCUT2D eigenvalue weighted by Gasteiger charge is 2.55. The molecule has 0 saturated carbocycles. The summed E-state index contributed by atoms with van der Waals surface area (Å²) >= 11 is 0. The molecule has 0 fully saturated rings. The molecule has 0 N–H and O–H groups in total. The molecule has 3 nitrogen and oxygen atoms in total. The van der Waals surface area contributed by atoms with Crippen molar-refractivity contribution in [2.24, 2.45) is 0 Å². The Balaban J connectivity index is 0.879. The summed E-state index contributed by atoms with van der Waals surface area (Å²) in [6, 6.07) is 110. The summed E-state index contributed by atoms with van der Waals surface area (Å²) in [5.41, 5.74) is 27.5. The van der Waals surface area contributed by atoms with Gasteiger partial charge in [0.05, 0.1) is 38.9 Å². The zero-order valence-electron chi connectivity index (χ0n) is 43.6. The van der Waals surface area contributed by atoms with Crippen LogP contribution in [-0.2, 0) is 5.41 Å². The lowest BCUT2D eigenvalue weighted by Gasteiger charge is -2.32. The van der Waals surface area contributed by atoms with Crippen LogP contribution in [0.15, 0.2) is 297 Å². The first-order chi connectivity index (χ1) is 39.7. The molecule has 3 heterocycles. The SMILES string of the molecule is c1ccc(-c2c3c(n(-c4ccccc4)c2-c2ccccc2)C2(c4ccccc4-c4cc(-c5ccc6c(c5)c5cc(-c7ccc8c(c7)c7ccccc7n8-c7ccccc7)ccc5n6-c5ccccc5)ccc42)c2ccccc2-3)cc1. The Morgan fingerprint density at radius 3 is 1.18 bits per heavy atom. The van der Waals surface area contributed by atoms with Crippen LogP contribution in [-0.4, -0.2) is 13.7 Å². The smallest absolute Gasteiger partial charge is 0.0882 e. The third kappa shape index (κ3) is 6.26. The van der Waals surface area contributed by atoms with Gasteiger partial charge in [-0.1, -0.05) is 212 Å². The van der Waals surface area contributed by atoms with Crippen molar-refractivity contribution in [1.82, 2.24) is 13.7 Å². The molecule has 12 aromatic carbocycles. The first-order valence-corrected chi connectivity index (χ1v) is 27.8. The molecule has 17 rings (SSSR count). The van der Waals surface area contributed by atoms with E-state index >= 15 is 0 Å². The Kier molecular flexibility index (Phi) is 9.63. The van der Waals surface area contributed by atoms with Gasteiger partial charge in [-0.3, -0.25) is 0 Å². The summed E-state index contributed by atoms with van der Waals surface area (Å²) in [6.45, 7) is 0. The van der Waals surface area contributed by atoms with Crippen LogP contribution >= 0.6 is 0 Å². The number of nitrogens with zero attached hydrogens (tertiary/aromatic N) is 3. The minimum atomic E-state index is -0.619. The van der Waals surface area contributed by atoms with Gasteiger partial charge >= 0.3 is 0 Å². The molecule has 0 radical (unpaired) electrons. The van der Waals surface area contributed by atoms with Gasteiger partial charge in [-0.2, -0.15) is 0 Å². The van der Waals surface area contributed by atoms with Crippen LogP contribution in [0.5, 0.6) is 0 Å². The van der Waals surface area contributed by atoms with Gasteiger partial charge in [0.1, 0.15) is 0 Å². The summed E-state index contributed by atoms with van der Waals surface area (Å²) in [5.74, 6) is 0. The van der Waals surface area contributed by atoms with Gasteiger partial charge in [0.25, 0.3) is 0 Å². The number of para-hydroxylation sites is 4. The zero-order valence-corrected chi connectivity index (χ0v) is 43.6. The lowest BCUT2D eigenvalue weighted by Crippen LogP contribution is -2.29. The Morgan fingerprint density at radius 1 is 0.225 bits per heavy atom. The molecule has 0 bridgehead atoms. The van der Waals surface area contributed by atoms with Crippen molar-refractivity contribution in [3.8, 4) is 84.0 Å². The summed E-state index contributed by atoms with van der Waals surface area (Å²) in [5, 5.41) is 4.94. The van der Waals surface area contributed by atoms with Crippen molar-refractivity contribution in [1.29, 1.82) is 0 Å². The van der Waals surface area contributed by atoms with E-state index in [4.69, 9.17) is 0 Å². The molecular formula is C77H49N3. The minimum Gasteiger partial charge on any atom is -0.311 e. The quantitative estimate of drug-likeness (QED) is 0.151. The number of benzene rings is 12. The molecule has 80 heavy (non-hydrogen) atoms. The summed E-state index contributed by atoms with van der Waals surface area (Å²) in [6.07, 6.45) is 0. The maximum absolute atomic E-state index is 2.61. The van der Waals surface area contributed by atoms with E-state index in [0.717, 1.165) is 17.1 Å². The van der Waals surface area contributed by atoms with E-state index in [1.165, 1.54) is 133 Å². The lowest BCUT2D eigenvalue weighted by molar-refractivity contribution is 0.734. The third-order valence-electron chi connectivity index (χ3n) is 17.4. The molecule has 2 aliphatic rings. The van der Waals surface area contributed by atoms with Gasteiger partial charge in [-0.05, 0) is 152 Å². The fourth-order valence-corrected chi connectivity index (χ4v) is 14.2. The van der Waals surface area contributed by atoms with Crippen molar-refractivity contribution in [3.05, 3.63) is 320 Å². The van der Waals surface area contributed by atoms with Crippen molar-refractivity contribution < 1.29 is 0 Å². The summed E-state index contributed by atoms with van der Waals surface area (Å²) in [4.78, 5) is 0. The van der Waals surface area contributed by atoms with Crippen molar-refractivity contribution in [2.45, 2.75) is 5.41 Å². The lowest BCUT2D eigenvalue weighted by atomic mass is 9.72. The minimum absolute atomic E-state index is 0.619. The van der Waals surface area contributed by atoms with E-state index in [2.05, 4.69) is 311 Å². The van der Waals surface area contributed by atoms with Gasteiger partial charge < -0.3 is 13.7 Å². The van der Waals surface area contributed by atoms with Crippen LogP contribution in [0.25, 0.3) is 128 Å². The average Bonchev–Trinajstić information content (AvgIpc) is 3.48. The van der Waals surface area contributed by atoms with Gasteiger partial charge in [0, 0.05) is 49.7 Å². The Labute approximate surface area is 463 Å². The average molecular weight is 1020 g/mol. The Bertz CT molecular complexity index is 4930. The van der Waals surface area contributed by atoms with Gasteiger partial charge in [-0.25, -0.2) is 0 Å². The molecule has 0 amide bonds. The molecular weight excluding hydrogens is 967 g/mol. The second-order valence-electron chi connectivity index (χ2n) is 21.5. The summed E-state index contributed by atoms with van der Waals surface area (Å²) in [7, 11) is 0. The molecule has 15 aromatic rings. The molecule has 1 atom stereocenters. The van der Waals surface area contributed by atoms with E-state index in [-0.39, 0.29) is 0 Å². The number of hydrogen-bond donors (Lipinski definition) is 0. The van der Waals surface area contributed by atoms with Crippen LogP contribution in [0.1, 0.15) is 22.4 Å². The van der Waals surface area contributed by atoms with Crippen LogP contribution in [0.4, 0.5) is 0 Å². The van der Waals surface area contributed by atoms with E-state index in [0.29, 0.717) is 0 Å². The first-order valence-electron chi connectivity index (χ1n) is 27.8. The zero-order chi connectivity index (χ0) is 52.5. The second-order valence-corrected chi connectivity index (χ2v) is 21.5. The van der Waals surface area contributed by atoms with Crippen molar-refractivity contribution >= 4 is 43.6 Å². The van der Waals surface area contributed by atoms with Crippen LogP contribution in [0, 0.1) is 0 Å². The van der Waals surface area contributed by atoms with Crippen LogP contribution in [0.3, 0.4) is 0 Å². The highest BCUT2D eigenvalue weighted by atomic mass is 15.0. The van der Waals surface area contributed by atoms with E-state index in [1.54, 1.807) is 0 Å². The van der Waals surface area contributed by atoms with E-state index in [9.17, 15) is 0 Å². The summed E-state index contributed by atoms with van der Waals surface area (Å²) < 4.78 is 7.43. The highest BCUT2D eigenvalue weighted by Crippen LogP contribution is 2.66. The molecule has 1 spiro atoms. The number of hydrogen-bond acceptors (Lipinski definition) is 0. The topological polar surface area (TPSA) is 14.8 Å². The fraction of sp³-hybridized carbons (Fsp3) is 0.0130. The van der Waals surface area contributed by atoms with Crippen molar-refractivity contribution in [3.63, 3.8) is 0 Å². The predicted molar refractivity (Wildman–Crippen MR) is 332 cm³/mol. The first kappa shape index (κ1) is 44.6. The number of rotatable bonds is 7. The normalized spacial score (nSPS) is 14.1. The molecule has 3 aromatic heterocycles. The van der Waals surface area contributed by atoms with Gasteiger partial charge in [0.2, 0.25) is 0 Å². The van der Waals surface area contributed by atoms with Gasteiger partial charge in [0.15, 0.2) is 0 Å². The van der Waals surface area contributed by atoms with E-state index < -0.39 is 5.41 Å². The predicted octanol–water partition coefficient (Wildman–Crippen LogP) is 19.7.